The van der Waals surface area contributed by atoms with Gasteiger partial charge in [-0.2, -0.15) is 0 Å². The standard InChI is InChI=1S/C30H29N.C2H6/c1-20-12-14-22(15-13-20)31(29-11-7-8-21-18-26(21)29)23-16-17-25-24-9-5-4-6-10-27(24)30(2,3)28(25)19-23;1-2/h5-17,19,21,26H,4,18H2,1-3H3;1-2H3. The fraction of sp³-hybridized carbons (Fsp3) is 0.312. The summed E-state index contributed by atoms with van der Waals surface area (Å²) in [5.41, 5.74) is 10.9. The van der Waals surface area contributed by atoms with E-state index in [1.165, 1.54) is 51.3 Å². The number of aryl methyl sites for hydroxylation is 1. The number of anilines is 2. The fourth-order valence-electron chi connectivity index (χ4n) is 5.55. The summed E-state index contributed by atoms with van der Waals surface area (Å²) in [6.07, 6.45) is 18.5. The molecule has 0 heterocycles. The van der Waals surface area contributed by atoms with Crippen LogP contribution in [0.5, 0.6) is 0 Å². The third-order valence-electron chi connectivity index (χ3n) is 7.42. The Labute approximate surface area is 199 Å². The molecule has 6 rings (SSSR count). The maximum atomic E-state index is 2.50. The molecule has 0 N–H and O–H groups in total. The van der Waals surface area contributed by atoms with Crippen molar-refractivity contribution in [2.24, 2.45) is 11.8 Å². The van der Waals surface area contributed by atoms with E-state index in [2.05, 4.69) is 111 Å². The van der Waals surface area contributed by atoms with Crippen molar-refractivity contribution in [1.82, 2.24) is 0 Å². The summed E-state index contributed by atoms with van der Waals surface area (Å²) in [4.78, 5) is 2.50. The zero-order valence-electron chi connectivity index (χ0n) is 20.6. The van der Waals surface area contributed by atoms with Crippen molar-refractivity contribution in [3.8, 4) is 0 Å². The van der Waals surface area contributed by atoms with Crippen LogP contribution < -0.4 is 4.90 Å². The third kappa shape index (κ3) is 3.64. The van der Waals surface area contributed by atoms with Crippen LogP contribution in [0, 0.1) is 18.8 Å². The Kier molecular flexibility index (Phi) is 5.52. The van der Waals surface area contributed by atoms with Gasteiger partial charge in [0.05, 0.1) is 0 Å². The number of hydrogen-bond donors (Lipinski definition) is 0. The van der Waals surface area contributed by atoms with Gasteiger partial charge in [-0.3, -0.25) is 0 Å². The van der Waals surface area contributed by atoms with Gasteiger partial charge in [0.15, 0.2) is 0 Å². The third-order valence-corrected chi connectivity index (χ3v) is 7.42. The highest BCUT2D eigenvalue weighted by Gasteiger charge is 2.42. The molecular weight excluding hydrogens is 398 g/mol. The molecule has 4 aliphatic carbocycles. The van der Waals surface area contributed by atoms with Crippen LogP contribution in [-0.4, -0.2) is 0 Å². The Bertz CT molecular complexity index is 1210. The van der Waals surface area contributed by atoms with Gasteiger partial charge in [-0.05, 0) is 78.3 Å². The average Bonchev–Trinajstić information content (AvgIpc) is 3.63. The number of rotatable bonds is 3. The topological polar surface area (TPSA) is 3.24 Å². The van der Waals surface area contributed by atoms with Crippen molar-refractivity contribution in [2.45, 2.75) is 52.9 Å². The normalized spacial score (nSPS) is 23.0. The van der Waals surface area contributed by atoms with Gasteiger partial charge < -0.3 is 4.90 Å². The number of nitrogens with zero attached hydrogens (tertiary/aromatic N) is 1. The summed E-state index contributed by atoms with van der Waals surface area (Å²) >= 11 is 0. The lowest BCUT2D eigenvalue weighted by atomic mass is 9.80. The van der Waals surface area contributed by atoms with Crippen molar-refractivity contribution in [3.63, 3.8) is 0 Å². The van der Waals surface area contributed by atoms with E-state index in [0.29, 0.717) is 11.8 Å². The quantitative estimate of drug-likeness (QED) is 0.467. The fourth-order valence-corrected chi connectivity index (χ4v) is 5.55. The largest absolute Gasteiger partial charge is 0.314 e. The molecule has 168 valence electrons. The Morgan fingerprint density at radius 2 is 1.64 bits per heavy atom. The summed E-state index contributed by atoms with van der Waals surface area (Å²) in [6.45, 7) is 10.9. The lowest BCUT2D eigenvalue weighted by molar-refractivity contribution is 0.654. The van der Waals surface area contributed by atoms with Crippen LogP contribution in [0.4, 0.5) is 11.4 Å². The smallest absolute Gasteiger partial charge is 0.0462 e. The molecule has 1 heteroatoms. The number of allylic oxidation sites excluding steroid dienone is 10. The highest BCUT2D eigenvalue weighted by atomic mass is 15.2. The maximum absolute atomic E-state index is 2.50. The van der Waals surface area contributed by atoms with Crippen LogP contribution in [0.3, 0.4) is 0 Å². The molecule has 33 heavy (non-hydrogen) atoms. The van der Waals surface area contributed by atoms with Crippen LogP contribution in [0.25, 0.3) is 5.57 Å². The summed E-state index contributed by atoms with van der Waals surface area (Å²) in [5, 5.41) is 0. The van der Waals surface area contributed by atoms with Crippen LogP contribution >= 0.6 is 0 Å². The van der Waals surface area contributed by atoms with Gasteiger partial charge in [-0.15, -0.1) is 0 Å². The van der Waals surface area contributed by atoms with Crippen molar-refractivity contribution in [2.75, 3.05) is 4.90 Å². The first-order valence-corrected chi connectivity index (χ1v) is 12.5. The molecule has 0 amide bonds. The predicted molar refractivity (Wildman–Crippen MR) is 143 cm³/mol. The summed E-state index contributed by atoms with van der Waals surface area (Å²) in [5.74, 6) is 1.36. The van der Waals surface area contributed by atoms with E-state index in [1.807, 2.05) is 13.8 Å². The first-order chi connectivity index (χ1) is 16.0. The zero-order chi connectivity index (χ0) is 23.2. The van der Waals surface area contributed by atoms with Crippen LogP contribution in [-0.2, 0) is 5.41 Å². The highest BCUT2D eigenvalue weighted by Crippen LogP contribution is 2.53. The van der Waals surface area contributed by atoms with E-state index >= 15 is 0 Å². The Morgan fingerprint density at radius 1 is 0.909 bits per heavy atom. The Balaban J connectivity index is 0.00000111. The van der Waals surface area contributed by atoms with Crippen LogP contribution in [0.2, 0.25) is 0 Å². The first-order valence-electron chi connectivity index (χ1n) is 12.5. The number of hydrogen-bond acceptors (Lipinski definition) is 1. The molecule has 2 aromatic carbocycles. The van der Waals surface area contributed by atoms with Crippen molar-refractivity contribution in [1.29, 1.82) is 0 Å². The molecule has 4 aliphatic rings. The molecular formula is C32H35N. The second-order valence-electron chi connectivity index (χ2n) is 9.88. The average molecular weight is 434 g/mol. The lowest BCUT2D eigenvalue weighted by Gasteiger charge is -2.31. The van der Waals surface area contributed by atoms with E-state index in [0.717, 1.165) is 6.42 Å². The lowest BCUT2D eigenvalue weighted by Crippen LogP contribution is -2.21. The molecule has 0 aromatic heterocycles. The second-order valence-corrected chi connectivity index (χ2v) is 9.88. The minimum absolute atomic E-state index is 0.00771. The van der Waals surface area contributed by atoms with E-state index < -0.39 is 0 Å². The summed E-state index contributed by atoms with van der Waals surface area (Å²) < 4.78 is 0. The molecule has 1 saturated carbocycles. The zero-order valence-corrected chi connectivity index (χ0v) is 20.6. The van der Waals surface area contributed by atoms with Gasteiger partial charge in [0.25, 0.3) is 0 Å². The van der Waals surface area contributed by atoms with Crippen molar-refractivity contribution < 1.29 is 0 Å². The monoisotopic (exact) mass is 433 g/mol. The van der Waals surface area contributed by atoms with Gasteiger partial charge in [0.1, 0.15) is 0 Å². The molecule has 0 aliphatic heterocycles. The summed E-state index contributed by atoms with van der Waals surface area (Å²) in [7, 11) is 0. The predicted octanol–water partition coefficient (Wildman–Crippen LogP) is 8.81. The van der Waals surface area contributed by atoms with Gasteiger partial charge >= 0.3 is 0 Å². The van der Waals surface area contributed by atoms with Gasteiger partial charge in [-0.25, -0.2) is 0 Å². The van der Waals surface area contributed by atoms with Gasteiger partial charge in [-0.1, -0.05) is 87.9 Å². The van der Waals surface area contributed by atoms with Crippen LogP contribution in [0.15, 0.2) is 96.3 Å². The number of fused-ring (bicyclic) bond motifs is 3. The molecule has 1 nitrogen and oxygen atoms in total. The molecule has 2 atom stereocenters. The minimum Gasteiger partial charge on any atom is -0.314 e. The second kappa shape index (κ2) is 8.37. The van der Waals surface area contributed by atoms with Crippen molar-refractivity contribution in [3.05, 3.63) is 113 Å². The molecule has 2 aromatic rings. The molecule has 0 saturated heterocycles. The number of benzene rings is 2. The molecule has 0 bridgehead atoms. The summed E-state index contributed by atoms with van der Waals surface area (Å²) in [6, 6.07) is 16.1. The first kappa shape index (κ1) is 21.8. The Morgan fingerprint density at radius 3 is 2.42 bits per heavy atom. The minimum atomic E-state index is 0.00771. The van der Waals surface area contributed by atoms with Crippen molar-refractivity contribution >= 4 is 16.9 Å². The molecule has 0 spiro atoms. The van der Waals surface area contributed by atoms with Gasteiger partial charge in [0.2, 0.25) is 0 Å². The van der Waals surface area contributed by atoms with E-state index in [1.54, 1.807) is 0 Å². The highest BCUT2D eigenvalue weighted by molar-refractivity contribution is 5.89. The molecule has 1 fully saturated rings. The van der Waals surface area contributed by atoms with E-state index in [-0.39, 0.29) is 5.41 Å². The van der Waals surface area contributed by atoms with Gasteiger partial charge in [0, 0.05) is 28.4 Å². The SMILES string of the molecule is CC.Cc1ccc(N(C2=CC=CC3CC23)c2ccc3c(c2)C(C)(C)C2=C3C=CCC=C2)cc1. The Hall–Kier alpha value is -3.06. The van der Waals surface area contributed by atoms with Crippen LogP contribution in [0.1, 0.15) is 57.2 Å². The molecule has 0 radical (unpaired) electrons. The van der Waals surface area contributed by atoms with E-state index in [4.69, 9.17) is 0 Å². The maximum Gasteiger partial charge on any atom is 0.0462 e. The van der Waals surface area contributed by atoms with E-state index in [9.17, 15) is 0 Å². The molecule has 2 unspecified atom stereocenters.